The molecule has 0 unspecified atom stereocenters. The van der Waals surface area contributed by atoms with Crippen molar-refractivity contribution in [2.24, 2.45) is 14.1 Å². The summed E-state index contributed by atoms with van der Waals surface area (Å²) in [5, 5.41) is 2.35. The van der Waals surface area contributed by atoms with E-state index < -0.39 is 0 Å². The Morgan fingerprint density at radius 1 is 0.651 bits per heavy atom. The first-order valence-corrected chi connectivity index (χ1v) is 14.3. The number of benzene rings is 2. The highest BCUT2D eigenvalue weighted by molar-refractivity contribution is 5.97. The molecule has 0 spiro atoms. The molecule has 43 heavy (non-hydrogen) atoms. The van der Waals surface area contributed by atoms with Crippen molar-refractivity contribution in [1.82, 2.24) is 9.13 Å². The van der Waals surface area contributed by atoms with Gasteiger partial charge in [-0.1, -0.05) is 42.5 Å². The number of allylic oxidation sites excluding steroid dienone is 1. The van der Waals surface area contributed by atoms with Crippen LogP contribution in [-0.4, -0.2) is 15.4 Å². The average molecular weight is 612 g/mol. The maximum atomic E-state index is 10.6. The van der Waals surface area contributed by atoms with Crippen LogP contribution in [0.25, 0.3) is 33.5 Å². The lowest BCUT2D eigenvalue weighted by Gasteiger charge is -1.95. The highest BCUT2D eigenvalue weighted by Gasteiger charge is 2.23. The van der Waals surface area contributed by atoms with Gasteiger partial charge in [0.05, 0.1) is 0 Å². The first kappa shape index (κ1) is 31.7. The molecule has 0 aliphatic carbocycles. The predicted molar refractivity (Wildman–Crippen MR) is 165 cm³/mol. The summed E-state index contributed by atoms with van der Waals surface area (Å²) < 4.78 is 8.81. The Labute approximate surface area is 265 Å². The SMILES string of the molecule is Cn1cc(/C=C2\CC[n+]3ccccc32)c2ccccc21.Cn1cc(C=O)c2ccccc21.[Cl-].[Cl-].c1cc[n+]2c(c1)CCC2. The molecule has 0 fully saturated rings. The van der Waals surface area contributed by atoms with Crippen LogP contribution in [0.5, 0.6) is 0 Å². The fourth-order valence-electron chi connectivity index (χ4n) is 6.01. The highest BCUT2D eigenvalue weighted by atomic mass is 35.5. The standard InChI is InChI=1S/C18H17N2.C10H9NO.C8H10N.2ClH/c1-19-13-15(16-6-2-3-8-18(16)19)12-14-9-11-20-10-5-4-7-17(14)20;1-11-6-8(7-12)9-4-2-3-5-10(9)11;1-2-6-9-7-3-5-8(9)4-1;;/h2-8,10,12-13H,9,11H2,1H3;2-7H,1H3;1-2,4,6H,3,5,7H2;2*1H/q+1;;+1;;/p-2. The van der Waals surface area contributed by atoms with Crippen LogP contribution < -0.4 is 33.9 Å². The Balaban J connectivity index is 0.000000158. The number of aryl methyl sites for hydroxylation is 5. The molecule has 6 aromatic rings. The van der Waals surface area contributed by atoms with E-state index in [1.165, 1.54) is 52.8 Å². The van der Waals surface area contributed by atoms with Gasteiger partial charge in [-0.2, -0.15) is 4.57 Å². The zero-order valence-electron chi connectivity index (χ0n) is 24.5. The lowest BCUT2D eigenvalue weighted by atomic mass is 10.1. The summed E-state index contributed by atoms with van der Waals surface area (Å²) in [6, 6.07) is 29.3. The largest absolute Gasteiger partial charge is 1.00 e. The Kier molecular flexibility index (Phi) is 10.6. The molecule has 0 saturated heterocycles. The second-order valence-electron chi connectivity index (χ2n) is 10.7. The molecule has 4 aromatic heterocycles. The van der Waals surface area contributed by atoms with Crippen LogP contribution >= 0.6 is 0 Å². The van der Waals surface area contributed by atoms with Crippen molar-refractivity contribution in [2.45, 2.75) is 32.4 Å². The lowest BCUT2D eigenvalue weighted by Crippen LogP contribution is -3.00. The van der Waals surface area contributed by atoms with E-state index in [0.717, 1.165) is 35.7 Å². The summed E-state index contributed by atoms with van der Waals surface area (Å²) in [7, 11) is 4.05. The molecular formula is C36H36Cl2N4O. The van der Waals surface area contributed by atoms with Gasteiger partial charge in [0.1, 0.15) is 6.54 Å². The number of para-hydroxylation sites is 2. The second kappa shape index (κ2) is 14.3. The quantitative estimate of drug-likeness (QED) is 0.206. The van der Waals surface area contributed by atoms with E-state index >= 15 is 0 Å². The molecule has 0 atom stereocenters. The minimum absolute atomic E-state index is 0. The maximum Gasteiger partial charge on any atom is 0.208 e. The molecule has 6 heterocycles. The first-order chi connectivity index (χ1) is 20.1. The number of fused-ring (bicyclic) bond motifs is 4. The predicted octanol–water partition coefficient (Wildman–Crippen LogP) is 0.329. The van der Waals surface area contributed by atoms with E-state index in [2.05, 4.69) is 106 Å². The van der Waals surface area contributed by atoms with Crippen LogP contribution in [0, 0.1) is 0 Å². The van der Waals surface area contributed by atoms with Gasteiger partial charge in [0, 0.05) is 109 Å². The third-order valence-electron chi connectivity index (χ3n) is 8.07. The topological polar surface area (TPSA) is 34.7 Å². The van der Waals surface area contributed by atoms with Crippen molar-refractivity contribution < 1.29 is 38.7 Å². The minimum atomic E-state index is 0. The van der Waals surface area contributed by atoms with Gasteiger partial charge in [0.15, 0.2) is 30.9 Å². The van der Waals surface area contributed by atoms with Crippen LogP contribution in [0.4, 0.5) is 0 Å². The molecule has 8 rings (SSSR count). The molecule has 0 bridgehead atoms. The molecule has 220 valence electrons. The third-order valence-corrected chi connectivity index (χ3v) is 8.07. The number of carbonyl (C=O) groups is 1. The molecule has 0 N–H and O–H groups in total. The molecule has 0 radical (unpaired) electrons. The third kappa shape index (κ3) is 6.74. The fourth-order valence-corrected chi connectivity index (χ4v) is 6.01. The second-order valence-corrected chi connectivity index (χ2v) is 10.7. The normalized spacial score (nSPS) is 13.6. The van der Waals surface area contributed by atoms with Gasteiger partial charge in [0.25, 0.3) is 0 Å². The molecule has 0 amide bonds. The lowest BCUT2D eigenvalue weighted by molar-refractivity contribution is -0.690. The van der Waals surface area contributed by atoms with Gasteiger partial charge in [-0.3, -0.25) is 4.79 Å². The average Bonchev–Trinajstić information content (AvgIpc) is 3.80. The number of aldehydes is 1. The summed E-state index contributed by atoms with van der Waals surface area (Å²) in [4.78, 5) is 10.6. The van der Waals surface area contributed by atoms with Crippen LogP contribution in [-0.2, 0) is 33.6 Å². The molecule has 2 aliphatic heterocycles. The van der Waals surface area contributed by atoms with Crippen LogP contribution in [0.3, 0.4) is 0 Å². The minimum Gasteiger partial charge on any atom is -1.00 e. The van der Waals surface area contributed by atoms with Gasteiger partial charge in [-0.15, -0.1) is 0 Å². The summed E-state index contributed by atoms with van der Waals surface area (Å²) in [6.07, 6.45) is 15.3. The Bertz CT molecular complexity index is 1860. The zero-order chi connectivity index (χ0) is 28.2. The number of hydrogen-bond acceptors (Lipinski definition) is 1. The summed E-state index contributed by atoms with van der Waals surface area (Å²) in [5.41, 5.74) is 8.72. The molecule has 2 aromatic carbocycles. The van der Waals surface area contributed by atoms with Crippen molar-refractivity contribution in [3.05, 3.63) is 132 Å². The van der Waals surface area contributed by atoms with E-state index in [9.17, 15) is 4.79 Å². The van der Waals surface area contributed by atoms with Gasteiger partial charge in [-0.25, -0.2) is 4.57 Å². The number of pyridine rings is 2. The number of nitrogens with zero attached hydrogens (tertiary/aromatic N) is 4. The van der Waals surface area contributed by atoms with E-state index in [1.54, 1.807) is 0 Å². The smallest absolute Gasteiger partial charge is 0.208 e. The van der Waals surface area contributed by atoms with Gasteiger partial charge >= 0.3 is 0 Å². The van der Waals surface area contributed by atoms with Crippen LogP contribution in [0.15, 0.2) is 110 Å². The van der Waals surface area contributed by atoms with Gasteiger partial charge in [0.2, 0.25) is 5.69 Å². The van der Waals surface area contributed by atoms with Crippen molar-refractivity contribution in [1.29, 1.82) is 0 Å². The molecule has 0 saturated carbocycles. The zero-order valence-corrected chi connectivity index (χ0v) is 26.0. The summed E-state index contributed by atoms with van der Waals surface area (Å²) >= 11 is 0. The van der Waals surface area contributed by atoms with E-state index in [-0.39, 0.29) is 24.8 Å². The number of halogens is 2. The molecular weight excluding hydrogens is 575 g/mol. The van der Waals surface area contributed by atoms with Crippen molar-refractivity contribution >= 4 is 39.7 Å². The molecule has 5 nitrogen and oxygen atoms in total. The van der Waals surface area contributed by atoms with Crippen molar-refractivity contribution in [2.75, 3.05) is 0 Å². The van der Waals surface area contributed by atoms with Crippen molar-refractivity contribution in [3.63, 3.8) is 0 Å². The van der Waals surface area contributed by atoms with E-state index in [1.807, 2.05) is 42.1 Å². The number of hydrogen-bond donors (Lipinski definition) is 0. The summed E-state index contributed by atoms with van der Waals surface area (Å²) in [5.74, 6) is 0. The first-order valence-electron chi connectivity index (χ1n) is 14.3. The monoisotopic (exact) mass is 610 g/mol. The molecule has 2 aliphatic rings. The number of rotatable bonds is 2. The van der Waals surface area contributed by atoms with Gasteiger partial charge < -0.3 is 33.9 Å². The van der Waals surface area contributed by atoms with Gasteiger partial charge in [-0.05, 0) is 24.3 Å². The maximum absolute atomic E-state index is 10.6. The summed E-state index contributed by atoms with van der Waals surface area (Å²) in [6.45, 7) is 2.31. The van der Waals surface area contributed by atoms with E-state index in [0.29, 0.717) is 0 Å². The Morgan fingerprint density at radius 2 is 1.23 bits per heavy atom. The number of aromatic nitrogens is 4. The van der Waals surface area contributed by atoms with Crippen LogP contribution in [0.2, 0.25) is 0 Å². The van der Waals surface area contributed by atoms with Crippen LogP contribution in [0.1, 0.15) is 40.2 Å². The molecule has 7 heteroatoms. The van der Waals surface area contributed by atoms with Crippen molar-refractivity contribution in [3.8, 4) is 0 Å². The Morgan fingerprint density at radius 3 is 1.91 bits per heavy atom. The Hall–Kier alpha value is -4.19. The van der Waals surface area contributed by atoms with E-state index in [4.69, 9.17) is 0 Å². The highest BCUT2D eigenvalue weighted by Crippen LogP contribution is 2.28. The number of carbonyl (C=O) groups excluding carboxylic acids is 1. The fraction of sp³-hybridized carbons (Fsp3) is 0.194.